The zero-order valence-corrected chi connectivity index (χ0v) is 9.61. The molecule has 12 heavy (non-hydrogen) atoms. The first-order valence-corrected chi connectivity index (χ1v) is 8.95. The quantitative estimate of drug-likeness (QED) is 0.771. The van der Waals surface area contributed by atoms with E-state index in [-0.39, 0.29) is 4.44 Å². The molecule has 0 atom stereocenters. The van der Waals surface area contributed by atoms with Gasteiger partial charge in [-0.3, -0.25) is 0 Å². The van der Waals surface area contributed by atoms with E-state index in [0.29, 0.717) is 5.56 Å². The molecule has 0 N–H and O–H groups in total. The van der Waals surface area contributed by atoms with Gasteiger partial charge in [0.25, 0.3) is 0 Å². The fourth-order valence-corrected chi connectivity index (χ4v) is 3.35. The van der Waals surface area contributed by atoms with Crippen LogP contribution in [0.15, 0.2) is 30.3 Å². The van der Waals surface area contributed by atoms with Gasteiger partial charge in [-0.05, 0) is 0 Å². The van der Waals surface area contributed by atoms with E-state index in [1.54, 1.807) is 24.3 Å². The summed E-state index contributed by atoms with van der Waals surface area (Å²) in [5, 5.41) is 0. The van der Waals surface area contributed by atoms with Crippen LogP contribution < -0.4 is 0 Å². The Morgan fingerprint density at radius 1 is 1.25 bits per heavy atom. The molecule has 0 saturated heterocycles. The van der Waals surface area contributed by atoms with E-state index in [2.05, 4.69) is 3.07 Å². The summed E-state index contributed by atoms with van der Waals surface area (Å²) < 4.78 is 29.7. The third-order valence-corrected chi connectivity index (χ3v) is 5.60. The van der Waals surface area contributed by atoms with Gasteiger partial charge in [-0.25, -0.2) is 0 Å². The van der Waals surface area contributed by atoms with Crippen LogP contribution in [0.5, 0.6) is 0 Å². The van der Waals surface area contributed by atoms with Crippen molar-refractivity contribution in [2.45, 2.75) is 4.44 Å². The van der Waals surface area contributed by atoms with Crippen LogP contribution in [0.1, 0.15) is 5.56 Å². The van der Waals surface area contributed by atoms with E-state index in [4.69, 9.17) is 0 Å². The molecule has 66 valence electrons. The molecule has 0 aliphatic carbocycles. The minimum atomic E-state index is -5.12. The zero-order chi connectivity index (χ0) is 9.03. The third kappa shape index (κ3) is 3.06. The summed E-state index contributed by atoms with van der Waals surface area (Å²) in [7, 11) is 1.10. The second kappa shape index (κ2) is 4.18. The summed E-state index contributed by atoms with van der Waals surface area (Å²) in [6.07, 6.45) is 0. The number of halogens is 2. The first-order chi connectivity index (χ1) is 5.64. The molecule has 1 nitrogen and oxygen atoms in total. The number of benzene rings is 1. The predicted molar refractivity (Wildman–Crippen MR) is 45.1 cm³/mol. The van der Waals surface area contributed by atoms with Gasteiger partial charge in [0, 0.05) is 0 Å². The number of rotatable bonds is 3. The van der Waals surface area contributed by atoms with Crippen LogP contribution in [0.25, 0.3) is 0 Å². The Morgan fingerprint density at radius 2 is 1.83 bits per heavy atom. The fourth-order valence-electron chi connectivity index (χ4n) is 0.906. The molecule has 1 aromatic rings. The molecule has 4 heteroatoms. The number of hydrogen-bond acceptors (Lipinski definition) is 1. The van der Waals surface area contributed by atoms with Crippen molar-refractivity contribution >= 4 is 19.9 Å². The van der Waals surface area contributed by atoms with Crippen molar-refractivity contribution in [3.63, 3.8) is 0 Å². The maximum atomic E-state index is 12.8. The van der Waals surface area contributed by atoms with E-state index in [9.17, 15) is 5.73 Å². The second-order valence-corrected chi connectivity index (χ2v) is 8.32. The van der Waals surface area contributed by atoms with E-state index < -0.39 is 19.9 Å². The van der Waals surface area contributed by atoms with Gasteiger partial charge >= 0.3 is 76.2 Å². The molecule has 1 rings (SSSR count). The SMILES string of the molecule is C[O][Sn]([F])([F])[CH2]c1ccccc1. The van der Waals surface area contributed by atoms with Crippen LogP contribution in [0, 0.1) is 0 Å². The van der Waals surface area contributed by atoms with Crippen LogP contribution in [0.4, 0.5) is 5.73 Å². The molecule has 0 radical (unpaired) electrons. The first-order valence-electron chi connectivity index (χ1n) is 3.61. The molecule has 0 aliphatic rings. The zero-order valence-electron chi connectivity index (χ0n) is 6.76. The summed E-state index contributed by atoms with van der Waals surface area (Å²) in [6.45, 7) is 0. The maximum absolute atomic E-state index is 12.8. The Labute approximate surface area is 76.3 Å². The Hall–Kier alpha value is -0.161. The van der Waals surface area contributed by atoms with Gasteiger partial charge in [-0.2, -0.15) is 0 Å². The van der Waals surface area contributed by atoms with Gasteiger partial charge < -0.3 is 0 Å². The summed E-state index contributed by atoms with van der Waals surface area (Å²) in [4.78, 5) is 0. The van der Waals surface area contributed by atoms with Crippen LogP contribution in [0.3, 0.4) is 0 Å². The predicted octanol–water partition coefficient (Wildman–Crippen LogP) is 2.29. The topological polar surface area (TPSA) is 9.23 Å². The number of hydrogen-bond donors (Lipinski definition) is 0. The summed E-state index contributed by atoms with van der Waals surface area (Å²) in [5.41, 5.74) is 0.667. The average Bonchev–Trinajstić information content (AvgIpc) is 2.06. The van der Waals surface area contributed by atoms with Crippen molar-refractivity contribution in [2.24, 2.45) is 0 Å². The summed E-state index contributed by atoms with van der Waals surface area (Å²) in [5.74, 6) is 0. The van der Waals surface area contributed by atoms with Crippen LogP contribution in [-0.4, -0.2) is 27.0 Å². The monoisotopic (exact) mass is 280 g/mol. The van der Waals surface area contributed by atoms with Crippen molar-refractivity contribution in [2.75, 3.05) is 7.11 Å². The van der Waals surface area contributed by atoms with Gasteiger partial charge in [-0.1, -0.05) is 0 Å². The molecule has 0 heterocycles. The van der Waals surface area contributed by atoms with Gasteiger partial charge in [0.1, 0.15) is 0 Å². The standard InChI is InChI=1S/C7H7.CH3O.2FH.Sn/c1-7-5-3-2-4-6-7;1-2;;;/h2-6H,1H2;1H3;2*1H;/q;-1;;;+3/p-2. The molecular weight excluding hydrogens is 269 g/mol. The fraction of sp³-hybridized carbons (Fsp3) is 0.250. The van der Waals surface area contributed by atoms with Crippen molar-refractivity contribution in [3.05, 3.63) is 35.9 Å². The second-order valence-electron chi connectivity index (χ2n) is 2.50. The average molecular weight is 279 g/mol. The van der Waals surface area contributed by atoms with E-state index in [1.165, 1.54) is 0 Å². The molecule has 0 aromatic heterocycles. The van der Waals surface area contributed by atoms with Crippen molar-refractivity contribution in [1.82, 2.24) is 0 Å². The summed E-state index contributed by atoms with van der Waals surface area (Å²) in [6, 6.07) is 8.72. The summed E-state index contributed by atoms with van der Waals surface area (Å²) >= 11 is -5.12. The van der Waals surface area contributed by atoms with Crippen molar-refractivity contribution in [1.29, 1.82) is 0 Å². The Bertz CT molecular complexity index is 238. The normalized spacial score (nSPS) is 11.6. The Kier molecular flexibility index (Phi) is 3.46. The van der Waals surface area contributed by atoms with Crippen molar-refractivity contribution in [3.8, 4) is 0 Å². The molecule has 0 amide bonds. The molecule has 0 aliphatic heterocycles. The van der Waals surface area contributed by atoms with E-state index >= 15 is 0 Å². The van der Waals surface area contributed by atoms with Crippen LogP contribution in [0.2, 0.25) is 0 Å². The van der Waals surface area contributed by atoms with Crippen LogP contribution in [-0.2, 0) is 7.51 Å². The molecule has 1 aromatic carbocycles. The molecule has 0 bridgehead atoms. The van der Waals surface area contributed by atoms with Gasteiger partial charge in [0.05, 0.1) is 0 Å². The van der Waals surface area contributed by atoms with Crippen LogP contribution >= 0.6 is 0 Å². The Morgan fingerprint density at radius 3 is 2.33 bits per heavy atom. The molecule has 0 spiro atoms. The first kappa shape index (κ1) is 9.92. The van der Waals surface area contributed by atoms with E-state index in [1.807, 2.05) is 6.07 Å². The minimum absolute atomic E-state index is 0.161. The van der Waals surface area contributed by atoms with E-state index in [0.717, 1.165) is 7.11 Å². The van der Waals surface area contributed by atoms with Crippen molar-refractivity contribution < 1.29 is 8.81 Å². The van der Waals surface area contributed by atoms with Gasteiger partial charge in [0.2, 0.25) is 0 Å². The molecule has 0 fully saturated rings. The third-order valence-electron chi connectivity index (χ3n) is 1.55. The Balaban J connectivity index is 2.64. The molecule has 0 saturated carbocycles. The van der Waals surface area contributed by atoms with Gasteiger partial charge in [0.15, 0.2) is 0 Å². The molecular formula is C8H10F2OSn. The molecule has 0 unspecified atom stereocenters. The van der Waals surface area contributed by atoms with Gasteiger partial charge in [-0.15, -0.1) is 0 Å².